The number of carbonyl (C=O) groups excluding carboxylic acids is 1. The summed E-state index contributed by atoms with van der Waals surface area (Å²) in [4.78, 5) is 14.7. The summed E-state index contributed by atoms with van der Waals surface area (Å²) in [5.41, 5.74) is 1.44. The van der Waals surface area contributed by atoms with Crippen molar-refractivity contribution in [1.29, 1.82) is 0 Å². The number of hydrogen-bond donors (Lipinski definition) is 1. The third-order valence-electron chi connectivity index (χ3n) is 5.63. The zero-order chi connectivity index (χ0) is 19.6. The molecule has 1 aliphatic heterocycles. The molecule has 27 heavy (non-hydrogen) atoms. The molecule has 0 spiro atoms. The molecule has 1 heterocycles. The standard InChI is InChI=1S/C21H21F2NO.CH4S/c1-13-18(19(13)21(25)24-11-4-5-12-24)14-7-2-3-8-15(14)20-16(22)9-6-10-17(20)23;1-2/h2-3,6-10,13,18-19H,4-5,11-12H2,1H3;2H,1H3. The Morgan fingerprint density at radius 2 is 1.59 bits per heavy atom. The second-order valence-electron chi connectivity index (χ2n) is 7.13. The molecule has 0 aromatic heterocycles. The van der Waals surface area contributed by atoms with Gasteiger partial charge in [0.15, 0.2) is 0 Å². The Balaban J connectivity index is 0.00000102. The number of carbonyl (C=O) groups is 1. The van der Waals surface area contributed by atoms with Crippen molar-refractivity contribution in [2.75, 3.05) is 19.3 Å². The SMILES string of the molecule is CC1C(C(=O)N2CCCC2)C1c1ccccc1-c1c(F)cccc1F.CS. The average molecular weight is 390 g/mol. The Bertz CT molecular complexity index is 799. The number of amides is 1. The number of likely N-dealkylation sites (tertiary alicyclic amines) is 1. The lowest BCUT2D eigenvalue weighted by atomic mass is 9.94. The van der Waals surface area contributed by atoms with E-state index in [1.54, 1.807) is 18.4 Å². The molecule has 5 heteroatoms. The summed E-state index contributed by atoms with van der Waals surface area (Å²) < 4.78 is 28.6. The van der Waals surface area contributed by atoms with Gasteiger partial charge in [0, 0.05) is 19.0 Å². The number of hydrogen-bond acceptors (Lipinski definition) is 2. The van der Waals surface area contributed by atoms with Gasteiger partial charge in [0.25, 0.3) is 0 Å². The predicted molar refractivity (Wildman–Crippen MR) is 108 cm³/mol. The van der Waals surface area contributed by atoms with Gasteiger partial charge in [-0.3, -0.25) is 4.79 Å². The monoisotopic (exact) mass is 389 g/mol. The van der Waals surface area contributed by atoms with E-state index in [-0.39, 0.29) is 29.2 Å². The minimum atomic E-state index is -0.567. The van der Waals surface area contributed by atoms with Crippen LogP contribution in [0.2, 0.25) is 0 Å². The molecule has 0 radical (unpaired) electrons. The van der Waals surface area contributed by atoms with E-state index in [9.17, 15) is 13.6 Å². The first-order valence-electron chi connectivity index (χ1n) is 9.36. The van der Waals surface area contributed by atoms with E-state index in [1.165, 1.54) is 18.2 Å². The summed E-state index contributed by atoms with van der Waals surface area (Å²) >= 11 is 3.53. The molecule has 1 saturated heterocycles. The largest absolute Gasteiger partial charge is 0.342 e. The minimum absolute atomic E-state index is 0.00423. The van der Waals surface area contributed by atoms with Crippen LogP contribution in [0.3, 0.4) is 0 Å². The van der Waals surface area contributed by atoms with Crippen LogP contribution in [0.4, 0.5) is 8.78 Å². The zero-order valence-electron chi connectivity index (χ0n) is 15.7. The van der Waals surface area contributed by atoms with E-state index in [2.05, 4.69) is 19.6 Å². The molecule has 2 aromatic carbocycles. The van der Waals surface area contributed by atoms with E-state index in [0.717, 1.165) is 31.5 Å². The maximum Gasteiger partial charge on any atom is 0.226 e. The van der Waals surface area contributed by atoms with Crippen molar-refractivity contribution in [2.45, 2.75) is 25.7 Å². The molecular weight excluding hydrogens is 364 g/mol. The molecule has 3 unspecified atom stereocenters. The molecule has 2 nitrogen and oxygen atoms in total. The molecule has 4 rings (SSSR count). The summed E-state index contributed by atoms with van der Waals surface area (Å²) in [5.74, 6) is -0.786. The van der Waals surface area contributed by atoms with Crippen LogP contribution in [0.5, 0.6) is 0 Å². The molecule has 1 saturated carbocycles. The van der Waals surface area contributed by atoms with Crippen molar-refractivity contribution in [3.63, 3.8) is 0 Å². The lowest BCUT2D eigenvalue weighted by Crippen LogP contribution is -2.29. The van der Waals surface area contributed by atoms with Crippen LogP contribution in [0.25, 0.3) is 11.1 Å². The summed E-state index contributed by atoms with van der Waals surface area (Å²) in [5, 5.41) is 0. The first-order valence-corrected chi connectivity index (χ1v) is 10.3. The van der Waals surface area contributed by atoms with E-state index in [4.69, 9.17) is 0 Å². The van der Waals surface area contributed by atoms with Crippen LogP contribution in [-0.2, 0) is 4.79 Å². The first-order chi connectivity index (χ1) is 13.1. The summed E-state index contributed by atoms with van der Waals surface area (Å²) in [6.45, 7) is 3.72. The van der Waals surface area contributed by atoms with Crippen LogP contribution < -0.4 is 0 Å². The fourth-order valence-electron chi connectivity index (χ4n) is 4.24. The Morgan fingerprint density at radius 1 is 1.00 bits per heavy atom. The molecule has 1 amide bonds. The molecule has 0 bridgehead atoms. The summed E-state index contributed by atoms with van der Waals surface area (Å²) in [7, 11) is 0. The van der Waals surface area contributed by atoms with Gasteiger partial charge in [0.1, 0.15) is 11.6 Å². The topological polar surface area (TPSA) is 20.3 Å². The van der Waals surface area contributed by atoms with Crippen LogP contribution in [0, 0.1) is 23.5 Å². The van der Waals surface area contributed by atoms with E-state index >= 15 is 0 Å². The Morgan fingerprint density at radius 3 is 2.22 bits per heavy atom. The van der Waals surface area contributed by atoms with Crippen molar-refractivity contribution >= 4 is 18.5 Å². The number of thiol groups is 1. The zero-order valence-corrected chi connectivity index (χ0v) is 16.6. The summed E-state index contributed by atoms with van der Waals surface area (Å²) in [6.07, 6.45) is 3.82. The third kappa shape index (κ3) is 3.75. The van der Waals surface area contributed by atoms with Crippen molar-refractivity contribution in [3.05, 3.63) is 59.7 Å². The molecule has 144 valence electrons. The molecule has 1 aliphatic carbocycles. The molecular formula is C22H25F2NOS. The number of rotatable bonds is 3. The van der Waals surface area contributed by atoms with Crippen LogP contribution >= 0.6 is 12.6 Å². The Hall–Kier alpha value is -1.88. The average Bonchev–Trinajstić information content (AvgIpc) is 3.08. The smallest absolute Gasteiger partial charge is 0.226 e. The second-order valence-corrected chi connectivity index (χ2v) is 7.13. The highest BCUT2D eigenvalue weighted by Crippen LogP contribution is 2.56. The van der Waals surface area contributed by atoms with Crippen molar-refractivity contribution in [3.8, 4) is 11.1 Å². The number of nitrogens with zero attached hydrogens (tertiary/aromatic N) is 1. The maximum absolute atomic E-state index is 14.3. The normalized spacial score (nSPS) is 23.6. The fourth-order valence-corrected chi connectivity index (χ4v) is 4.24. The lowest BCUT2D eigenvalue weighted by molar-refractivity contribution is -0.131. The van der Waals surface area contributed by atoms with Gasteiger partial charge >= 0.3 is 0 Å². The van der Waals surface area contributed by atoms with E-state index in [0.29, 0.717) is 5.56 Å². The van der Waals surface area contributed by atoms with Gasteiger partial charge in [0.2, 0.25) is 5.91 Å². The number of benzene rings is 2. The molecule has 2 fully saturated rings. The molecule has 0 N–H and O–H groups in total. The van der Waals surface area contributed by atoms with Crippen LogP contribution in [-0.4, -0.2) is 30.2 Å². The van der Waals surface area contributed by atoms with Gasteiger partial charge in [-0.05, 0) is 54.2 Å². The van der Waals surface area contributed by atoms with Gasteiger partial charge in [-0.25, -0.2) is 8.78 Å². The Kier molecular flexibility index (Phi) is 6.20. The van der Waals surface area contributed by atoms with Crippen molar-refractivity contribution in [2.24, 2.45) is 11.8 Å². The van der Waals surface area contributed by atoms with E-state index in [1.807, 2.05) is 17.0 Å². The van der Waals surface area contributed by atoms with Crippen LogP contribution in [0.15, 0.2) is 42.5 Å². The highest BCUT2D eigenvalue weighted by Gasteiger charge is 2.54. The van der Waals surface area contributed by atoms with Gasteiger partial charge in [-0.15, -0.1) is 0 Å². The third-order valence-corrected chi connectivity index (χ3v) is 5.63. The lowest BCUT2D eigenvalue weighted by Gasteiger charge is -2.16. The first kappa shape index (κ1) is 19.9. The number of halogens is 2. The highest BCUT2D eigenvalue weighted by molar-refractivity contribution is 7.79. The minimum Gasteiger partial charge on any atom is -0.342 e. The second kappa shape index (κ2) is 8.42. The molecule has 3 atom stereocenters. The molecule has 2 aromatic rings. The Labute approximate surface area is 165 Å². The highest BCUT2D eigenvalue weighted by atomic mass is 32.1. The van der Waals surface area contributed by atoms with Gasteiger partial charge in [0.05, 0.1) is 5.56 Å². The van der Waals surface area contributed by atoms with Gasteiger partial charge < -0.3 is 4.90 Å². The fraction of sp³-hybridized carbons (Fsp3) is 0.409. The predicted octanol–water partition coefficient (Wildman–Crippen LogP) is 5.15. The van der Waals surface area contributed by atoms with Crippen LogP contribution in [0.1, 0.15) is 31.2 Å². The van der Waals surface area contributed by atoms with Crippen molar-refractivity contribution in [1.82, 2.24) is 4.90 Å². The quantitative estimate of drug-likeness (QED) is 0.720. The van der Waals surface area contributed by atoms with Crippen molar-refractivity contribution < 1.29 is 13.6 Å². The summed E-state index contributed by atoms with van der Waals surface area (Å²) in [6, 6.07) is 11.2. The van der Waals surface area contributed by atoms with Gasteiger partial charge in [-0.2, -0.15) is 12.6 Å². The molecule has 2 aliphatic rings. The van der Waals surface area contributed by atoms with Gasteiger partial charge in [-0.1, -0.05) is 37.3 Å². The van der Waals surface area contributed by atoms with E-state index < -0.39 is 11.6 Å². The maximum atomic E-state index is 14.3.